The average Bonchev–Trinajstić information content (AvgIpc) is 2.73. The fraction of sp³-hybridized carbons (Fsp3) is 0.318. The van der Waals surface area contributed by atoms with Gasteiger partial charge in [-0.1, -0.05) is 18.2 Å². The predicted octanol–water partition coefficient (Wildman–Crippen LogP) is 2.36. The number of benzene rings is 2. The van der Waals surface area contributed by atoms with Gasteiger partial charge in [0.25, 0.3) is 17.7 Å². The van der Waals surface area contributed by atoms with Crippen molar-refractivity contribution in [3.05, 3.63) is 59.2 Å². The molecule has 150 valence electrons. The summed E-state index contributed by atoms with van der Waals surface area (Å²) in [5.74, 6) is 0.181. The van der Waals surface area contributed by atoms with Gasteiger partial charge in [0.1, 0.15) is 5.75 Å². The Hall–Kier alpha value is -3.35. The molecule has 0 saturated carbocycles. The Kier molecular flexibility index (Phi) is 5.20. The van der Waals surface area contributed by atoms with E-state index in [0.717, 1.165) is 5.56 Å². The molecule has 2 heterocycles. The van der Waals surface area contributed by atoms with Gasteiger partial charge in [0.05, 0.1) is 5.69 Å². The van der Waals surface area contributed by atoms with E-state index in [1.54, 1.807) is 23.1 Å². The minimum atomic E-state index is -0.229. The molecule has 2 aliphatic heterocycles. The Balaban J connectivity index is 1.35. The van der Waals surface area contributed by atoms with Gasteiger partial charge in [-0.15, -0.1) is 0 Å². The first-order chi connectivity index (χ1) is 14.0. The maximum atomic E-state index is 12.8. The summed E-state index contributed by atoms with van der Waals surface area (Å²) < 4.78 is 5.33. The molecule has 1 fully saturated rings. The van der Waals surface area contributed by atoms with Crippen LogP contribution in [0.1, 0.15) is 39.1 Å². The summed E-state index contributed by atoms with van der Waals surface area (Å²) in [6.45, 7) is 3.04. The Morgan fingerprint density at radius 2 is 1.90 bits per heavy atom. The molecule has 1 saturated heterocycles. The second-order valence-electron chi connectivity index (χ2n) is 7.40. The minimum Gasteiger partial charge on any atom is -0.482 e. The summed E-state index contributed by atoms with van der Waals surface area (Å²) in [7, 11) is 0. The largest absolute Gasteiger partial charge is 0.482 e. The van der Waals surface area contributed by atoms with Gasteiger partial charge in [0.15, 0.2) is 6.61 Å². The SMILES string of the molecule is Cc1ccccc1C(=O)NC1CCN(C(=O)c2ccc3c(c2)NC(=O)CO3)CC1. The molecular formula is C22H23N3O4. The van der Waals surface area contributed by atoms with E-state index in [9.17, 15) is 14.4 Å². The summed E-state index contributed by atoms with van der Waals surface area (Å²) in [6, 6.07) is 12.6. The number of carbonyl (C=O) groups excluding carboxylic acids is 3. The lowest BCUT2D eigenvalue weighted by molar-refractivity contribution is -0.118. The number of likely N-dealkylation sites (tertiary alicyclic amines) is 1. The van der Waals surface area contributed by atoms with Crippen LogP contribution in [-0.4, -0.2) is 48.4 Å². The van der Waals surface area contributed by atoms with Crippen LogP contribution in [0.3, 0.4) is 0 Å². The molecule has 0 spiro atoms. The number of amides is 3. The van der Waals surface area contributed by atoms with Crippen LogP contribution < -0.4 is 15.4 Å². The Bertz CT molecular complexity index is 964. The van der Waals surface area contributed by atoms with Crippen LogP contribution >= 0.6 is 0 Å². The van der Waals surface area contributed by atoms with Crippen molar-refractivity contribution >= 4 is 23.4 Å². The molecule has 0 aliphatic carbocycles. The zero-order chi connectivity index (χ0) is 20.4. The first kappa shape index (κ1) is 19.0. The van der Waals surface area contributed by atoms with Crippen LogP contribution in [-0.2, 0) is 4.79 Å². The van der Waals surface area contributed by atoms with Crippen LogP contribution in [0.25, 0.3) is 0 Å². The van der Waals surface area contributed by atoms with Crippen molar-refractivity contribution in [2.45, 2.75) is 25.8 Å². The molecule has 2 aromatic rings. The van der Waals surface area contributed by atoms with E-state index in [1.807, 2.05) is 31.2 Å². The number of anilines is 1. The summed E-state index contributed by atoms with van der Waals surface area (Å²) >= 11 is 0. The fourth-order valence-electron chi connectivity index (χ4n) is 3.72. The first-order valence-corrected chi connectivity index (χ1v) is 9.74. The van der Waals surface area contributed by atoms with Crippen LogP contribution in [0.4, 0.5) is 5.69 Å². The molecule has 4 rings (SSSR count). The lowest BCUT2D eigenvalue weighted by atomic mass is 10.0. The van der Waals surface area contributed by atoms with Crippen LogP contribution in [0, 0.1) is 6.92 Å². The number of piperidine rings is 1. The lowest BCUT2D eigenvalue weighted by Crippen LogP contribution is -2.46. The van der Waals surface area contributed by atoms with E-state index < -0.39 is 0 Å². The molecule has 29 heavy (non-hydrogen) atoms. The molecule has 0 radical (unpaired) electrons. The summed E-state index contributed by atoms with van der Waals surface area (Å²) in [4.78, 5) is 38.6. The smallest absolute Gasteiger partial charge is 0.262 e. The molecule has 7 nitrogen and oxygen atoms in total. The van der Waals surface area contributed by atoms with Gasteiger partial charge < -0.3 is 20.3 Å². The quantitative estimate of drug-likeness (QED) is 0.838. The predicted molar refractivity (Wildman–Crippen MR) is 108 cm³/mol. The minimum absolute atomic E-state index is 0.0119. The molecule has 0 unspecified atom stereocenters. The standard InChI is InChI=1S/C22H23N3O4/c1-14-4-2-3-5-17(14)21(27)23-16-8-10-25(11-9-16)22(28)15-6-7-19-18(12-15)24-20(26)13-29-19/h2-7,12,16H,8-11,13H2,1H3,(H,23,27)(H,24,26). The highest BCUT2D eigenvalue weighted by Crippen LogP contribution is 2.29. The van der Waals surface area contributed by atoms with Crippen molar-refractivity contribution in [1.82, 2.24) is 10.2 Å². The third kappa shape index (κ3) is 4.08. The number of nitrogens with zero attached hydrogens (tertiary/aromatic N) is 1. The number of nitrogens with one attached hydrogen (secondary N) is 2. The molecule has 0 aromatic heterocycles. The van der Waals surface area contributed by atoms with E-state index in [0.29, 0.717) is 48.5 Å². The Morgan fingerprint density at radius 3 is 2.66 bits per heavy atom. The van der Waals surface area contributed by atoms with Gasteiger partial charge in [0.2, 0.25) is 0 Å². The zero-order valence-corrected chi connectivity index (χ0v) is 16.2. The molecular weight excluding hydrogens is 370 g/mol. The highest BCUT2D eigenvalue weighted by molar-refractivity contribution is 6.00. The first-order valence-electron chi connectivity index (χ1n) is 9.74. The highest BCUT2D eigenvalue weighted by Gasteiger charge is 2.26. The fourth-order valence-corrected chi connectivity index (χ4v) is 3.72. The van der Waals surface area contributed by atoms with Crippen LogP contribution in [0.5, 0.6) is 5.75 Å². The number of hydrogen-bond acceptors (Lipinski definition) is 4. The second kappa shape index (κ2) is 7.95. The number of fused-ring (bicyclic) bond motifs is 1. The van der Waals surface area contributed by atoms with Gasteiger partial charge in [0, 0.05) is 30.3 Å². The molecule has 2 N–H and O–H groups in total. The second-order valence-corrected chi connectivity index (χ2v) is 7.40. The van der Waals surface area contributed by atoms with E-state index in [4.69, 9.17) is 4.74 Å². The van der Waals surface area contributed by atoms with Crippen molar-refractivity contribution in [2.24, 2.45) is 0 Å². The number of ether oxygens (including phenoxy) is 1. The topological polar surface area (TPSA) is 87.7 Å². The van der Waals surface area contributed by atoms with E-state index in [-0.39, 0.29) is 30.4 Å². The van der Waals surface area contributed by atoms with Crippen molar-refractivity contribution in [1.29, 1.82) is 0 Å². The molecule has 3 amide bonds. The molecule has 2 aromatic carbocycles. The Morgan fingerprint density at radius 1 is 1.14 bits per heavy atom. The van der Waals surface area contributed by atoms with Gasteiger partial charge >= 0.3 is 0 Å². The van der Waals surface area contributed by atoms with Crippen molar-refractivity contribution in [3.63, 3.8) is 0 Å². The third-order valence-electron chi connectivity index (χ3n) is 5.37. The van der Waals surface area contributed by atoms with Gasteiger partial charge in [-0.2, -0.15) is 0 Å². The normalized spacial score (nSPS) is 16.4. The highest BCUT2D eigenvalue weighted by atomic mass is 16.5. The number of aryl methyl sites for hydroxylation is 1. The number of carbonyl (C=O) groups is 3. The zero-order valence-electron chi connectivity index (χ0n) is 16.2. The lowest BCUT2D eigenvalue weighted by Gasteiger charge is -2.32. The van der Waals surface area contributed by atoms with Gasteiger partial charge in [-0.05, 0) is 49.6 Å². The monoisotopic (exact) mass is 393 g/mol. The van der Waals surface area contributed by atoms with Gasteiger partial charge in [-0.25, -0.2) is 0 Å². The van der Waals surface area contributed by atoms with E-state index in [1.165, 1.54) is 0 Å². The number of rotatable bonds is 3. The Labute approximate surface area is 169 Å². The van der Waals surface area contributed by atoms with Crippen LogP contribution in [0.15, 0.2) is 42.5 Å². The maximum absolute atomic E-state index is 12.8. The van der Waals surface area contributed by atoms with E-state index >= 15 is 0 Å². The molecule has 0 atom stereocenters. The van der Waals surface area contributed by atoms with Crippen molar-refractivity contribution < 1.29 is 19.1 Å². The van der Waals surface area contributed by atoms with E-state index in [2.05, 4.69) is 10.6 Å². The van der Waals surface area contributed by atoms with Crippen LogP contribution in [0.2, 0.25) is 0 Å². The molecule has 2 aliphatic rings. The summed E-state index contributed by atoms with van der Waals surface area (Å²) in [5, 5.41) is 5.80. The summed E-state index contributed by atoms with van der Waals surface area (Å²) in [6.07, 6.45) is 1.41. The summed E-state index contributed by atoms with van der Waals surface area (Å²) in [5.41, 5.74) is 2.66. The third-order valence-corrected chi connectivity index (χ3v) is 5.37. The molecule has 7 heteroatoms. The number of hydrogen-bond donors (Lipinski definition) is 2. The van der Waals surface area contributed by atoms with Crippen molar-refractivity contribution in [2.75, 3.05) is 25.0 Å². The average molecular weight is 393 g/mol. The molecule has 0 bridgehead atoms. The maximum Gasteiger partial charge on any atom is 0.262 e. The van der Waals surface area contributed by atoms with Crippen molar-refractivity contribution in [3.8, 4) is 5.75 Å². The van der Waals surface area contributed by atoms with Gasteiger partial charge in [-0.3, -0.25) is 14.4 Å².